The Hall–Kier alpha value is -0.545. The van der Waals surface area contributed by atoms with Gasteiger partial charge in [-0.3, -0.25) is 0 Å². The molecule has 1 saturated heterocycles. The predicted octanol–water partition coefficient (Wildman–Crippen LogP) is 5.19. The van der Waals surface area contributed by atoms with Crippen LogP contribution in [0.15, 0.2) is 18.2 Å². The molecular weight excluding hydrogens is 332 g/mol. The maximum Gasteiger partial charge on any atom is 0.496 e. The fourth-order valence-electron chi connectivity index (χ4n) is 2.05. The van der Waals surface area contributed by atoms with E-state index in [1.54, 1.807) is 0 Å². The maximum absolute atomic E-state index is 6.34. The Balaban J connectivity index is 0.000000845. The van der Waals surface area contributed by atoms with E-state index in [1.165, 1.54) is 12.8 Å². The van der Waals surface area contributed by atoms with Gasteiger partial charge in [0, 0.05) is 17.0 Å². The van der Waals surface area contributed by atoms with Crippen LogP contribution in [0.4, 0.5) is 0 Å². The van der Waals surface area contributed by atoms with Crippen molar-refractivity contribution >= 4 is 24.2 Å². The van der Waals surface area contributed by atoms with Crippen molar-refractivity contribution in [3.8, 4) is 0 Å². The molecular formula is C20H37BClNO2. The maximum atomic E-state index is 6.34. The van der Waals surface area contributed by atoms with Crippen LogP contribution < -0.4 is 10.8 Å². The van der Waals surface area contributed by atoms with Crippen molar-refractivity contribution < 1.29 is 9.31 Å². The van der Waals surface area contributed by atoms with Crippen LogP contribution in [-0.4, -0.2) is 25.4 Å². The molecule has 5 heteroatoms. The number of benzene rings is 1. The van der Waals surface area contributed by atoms with Gasteiger partial charge in [0.15, 0.2) is 0 Å². The lowest BCUT2D eigenvalue weighted by Gasteiger charge is -2.32. The van der Waals surface area contributed by atoms with Gasteiger partial charge in [-0.15, -0.1) is 0 Å². The Labute approximate surface area is 161 Å². The minimum Gasteiger partial charge on any atom is -0.399 e. The zero-order chi connectivity index (χ0) is 19.7. The quantitative estimate of drug-likeness (QED) is 0.741. The van der Waals surface area contributed by atoms with E-state index in [0.29, 0.717) is 5.02 Å². The second-order valence-electron chi connectivity index (χ2n) is 6.97. The van der Waals surface area contributed by atoms with Crippen molar-refractivity contribution in [1.82, 2.24) is 5.32 Å². The van der Waals surface area contributed by atoms with Crippen molar-refractivity contribution in [1.29, 1.82) is 0 Å². The summed E-state index contributed by atoms with van der Waals surface area (Å²) in [6.45, 7) is 17.3. The number of unbranched alkanes of at least 4 members (excludes halogenated alkanes) is 1. The normalized spacial score (nSPS) is 17.3. The van der Waals surface area contributed by atoms with E-state index in [-0.39, 0.29) is 11.2 Å². The Kier molecular flexibility index (Phi) is 11.0. The van der Waals surface area contributed by atoms with Crippen LogP contribution in [0.3, 0.4) is 0 Å². The summed E-state index contributed by atoms with van der Waals surface area (Å²) in [6.07, 6.45) is 2.64. The van der Waals surface area contributed by atoms with Crippen LogP contribution in [-0.2, 0) is 15.9 Å². The average Bonchev–Trinajstić information content (AvgIpc) is 2.78. The molecule has 1 aromatic carbocycles. The van der Waals surface area contributed by atoms with Crippen molar-refractivity contribution in [3.05, 3.63) is 28.8 Å². The lowest BCUT2D eigenvalue weighted by atomic mass is 9.78. The first-order valence-corrected chi connectivity index (χ1v) is 9.84. The third-order valence-electron chi connectivity index (χ3n) is 4.45. The first-order chi connectivity index (χ1) is 11.7. The molecule has 0 aliphatic carbocycles. The van der Waals surface area contributed by atoms with Gasteiger partial charge < -0.3 is 14.6 Å². The topological polar surface area (TPSA) is 30.5 Å². The van der Waals surface area contributed by atoms with Crippen LogP contribution >= 0.6 is 11.6 Å². The molecule has 1 N–H and O–H groups in total. The van der Waals surface area contributed by atoms with Gasteiger partial charge in [-0.05, 0) is 46.4 Å². The number of hydrogen-bond acceptors (Lipinski definition) is 3. The number of halogens is 1. The lowest BCUT2D eigenvalue weighted by molar-refractivity contribution is 0.00578. The van der Waals surface area contributed by atoms with Gasteiger partial charge in [0.05, 0.1) is 11.2 Å². The molecule has 0 saturated carbocycles. The third-order valence-corrected chi connectivity index (χ3v) is 4.78. The van der Waals surface area contributed by atoms with Crippen molar-refractivity contribution in [2.45, 2.75) is 86.0 Å². The first-order valence-electron chi connectivity index (χ1n) is 9.47. The summed E-state index contributed by atoms with van der Waals surface area (Å²) in [6, 6.07) is 5.98. The molecule has 0 aromatic heterocycles. The molecule has 1 aliphatic heterocycles. The minimum atomic E-state index is -0.402. The largest absolute Gasteiger partial charge is 0.496 e. The molecule has 0 amide bonds. The predicted molar refractivity (Wildman–Crippen MR) is 112 cm³/mol. The molecule has 144 valence electrons. The highest BCUT2D eigenvalue weighted by Gasteiger charge is 2.52. The summed E-state index contributed by atoms with van der Waals surface area (Å²) in [5.74, 6) is 0. The van der Waals surface area contributed by atoms with Gasteiger partial charge in [0.2, 0.25) is 0 Å². The fourth-order valence-corrected chi connectivity index (χ4v) is 2.34. The zero-order valence-corrected chi connectivity index (χ0v) is 18.4. The Morgan fingerprint density at radius 1 is 1.00 bits per heavy atom. The van der Waals surface area contributed by atoms with E-state index in [9.17, 15) is 0 Å². The second-order valence-corrected chi connectivity index (χ2v) is 7.38. The standard InChI is InChI=1S/C14H21BClNO2.C4H10.C2H6/c1-13(2)14(3,4)19-15(18-13)11-7-6-10(9-17-5)8-12(11)16;1-3-4-2;1-2/h6-8,17H,9H2,1-5H3;3-4H2,1-2H3;1-2H3. The van der Waals surface area contributed by atoms with Gasteiger partial charge in [-0.2, -0.15) is 0 Å². The van der Waals surface area contributed by atoms with Gasteiger partial charge in [-0.25, -0.2) is 0 Å². The van der Waals surface area contributed by atoms with Crippen LogP contribution in [0.2, 0.25) is 5.02 Å². The molecule has 0 unspecified atom stereocenters. The summed E-state index contributed by atoms with van der Waals surface area (Å²) < 4.78 is 12.0. The molecule has 2 rings (SSSR count). The smallest absolute Gasteiger partial charge is 0.399 e. The van der Waals surface area contributed by atoms with Crippen LogP contribution in [0, 0.1) is 0 Å². The highest BCUT2D eigenvalue weighted by Crippen LogP contribution is 2.37. The van der Waals surface area contributed by atoms with E-state index < -0.39 is 7.12 Å². The lowest BCUT2D eigenvalue weighted by Crippen LogP contribution is -2.41. The molecule has 1 aliphatic rings. The Morgan fingerprint density at radius 3 is 1.84 bits per heavy atom. The van der Waals surface area contributed by atoms with E-state index >= 15 is 0 Å². The Morgan fingerprint density at radius 2 is 1.48 bits per heavy atom. The van der Waals surface area contributed by atoms with Crippen molar-refractivity contribution in [2.24, 2.45) is 0 Å². The number of hydrogen-bond donors (Lipinski definition) is 1. The highest BCUT2D eigenvalue weighted by molar-refractivity contribution is 6.65. The van der Waals surface area contributed by atoms with E-state index in [1.807, 2.05) is 66.8 Å². The zero-order valence-electron chi connectivity index (χ0n) is 17.6. The summed E-state index contributed by atoms with van der Waals surface area (Å²) in [5.41, 5.74) is 1.35. The van der Waals surface area contributed by atoms with E-state index in [4.69, 9.17) is 20.9 Å². The summed E-state index contributed by atoms with van der Waals surface area (Å²) in [4.78, 5) is 0. The molecule has 0 radical (unpaired) electrons. The molecule has 3 nitrogen and oxygen atoms in total. The first kappa shape index (κ1) is 24.5. The molecule has 1 aromatic rings. The van der Waals surface area contributed by atoms with Gasteiger partial charge in [-0.1, -0.05) is 64.3 Å². The van der Waals surface area contributed by atoms with Crippen molar-refractivity contribution in [2.75, 3.05) is 7.05 Å². The molecule has 0 atom stereocenters. The fraction of sp³-hybridized carbons (Fsp3) is 0.700. The van der Waals surface area contributed by atoms with Crippen LogP contribution in [0.5, 0.6) is 0 Å². The highest BCUT2D eigenvalue weighted by atomic mass is 35.5. The average molecular weight is 370 g/mol. The summed E-state index contributed by atoms with van der Waals surface area (Å²) >= 11 is 6.34. The van der Waals surface area contributed by atoms with Gasteiger partial charge >= 0.3 is 7.12 Å². The SMILES string of the molecule is CC.CCCC.CNCc1ccc(B2OC(C)(C)C(C)(C)O2)c(Cl)c1. The van der Waals surface area contributed by atoms with E-state index in [2.05, 4.69) is 19.2 Å². The molecule has 0 bridgehead atoms. The van der Waals surface area contributed by atoms with Gasteiger partial charge in [0.1, 0.15) is 0 Å². The van der Waals surface area contributed by atoms with E-state index in [0.717, 1.165) is 17.6 Å². The molecule has 1 heterocycles. The van der Waals surface area contributed by atoms with Crippen LogP contribution in [0.25, 0.3) is 0 Å². The minimum absolute atomic E-state index is 0.343. The Bertz CT molecular complexity index is 488. The van der Waals surface area contributed by atoms with Crippen molar-refractivity contribution in [3.63, 3.8) is 0 Å². The summed E-state index contributed by atoms with van der Waals surface area (Å²) in [5, 5.41) is 3.79. The third kappa shape index (κ3) is 6.94. The number of rotatable bonds is 4. The van der Waals surface area contributed by atoms with Crippen LogP contribution in [0.1, 0.15) is 73.8 Å². The molecule has 25 heavy (non-hydrogen) atoms. The summed E-state index contributed by atoms with van der Waals surface area (Å²) in [7, 11) is 1.51. The monoisotopic (exact) mass is 369 g/mol. The second kappa shape index (κ2) is 11.2. The van der Waals surface area contributed by atoms with Gasteiger partial charge in [0.25, 0.3) is 0 Å². The number of nitrogens with one attached hydrogen (secondary N) is 1. The molecule has 0 spiro atoms. The molecule has 1 fully saturated rings.